The summed E-state index contributed by atoms with van der Waals surface area (Å²) in [5.74, 6) is -3.79. The summed E-state index contributed by atoms with van der Waals surface area (Å²) < 4.78 is 39.1. The third kappa shape index (κ3) is 4.72. The van der Waals surface area contributed by atoms with Gasteiger partial charge in [0.15, 0.2) is 17.5 Å². The second kappa shape index (κ2) is 8.16. The van der Waals surface area contributed by atoms with Crippen LogP contribution in [0.25, 0.3) is 0 Å². The van der Waals surface area contributed by atoms with Crippen molar-refractivity contribution >= 4 is 17.7 Å². The molecule has 0 aliphatic heterocycles. The molecule has 0 spiro atoms. The highest BCUT2D eigenvalue weighted by Crippen LogP contribution is 2.19. The number of aliphatic hydroxyl groups is 1. The van der Waals surface area contributed by atoms with Gasteiger partial charge in [-0.2, -0.15) is 11.8 Å². The van der Waals surface area contributed by atoms with Gasteiger partial charge in [-0.15, -0.1) is 0 Å². The van der Waals surface area contributed by atoms with Gasteiger partial charge in [0.1, 0.15) is 0 Å². The Bertz CT molecular complexity index is 448. The molecule has 0 fully saturated rings. The third-order valence-electron chi connectivity index (χ3n) is 2.68. The number of thioether (sulfide) groups is 1. The zero-order valence-corrected chi connectivity index (χ0v) is 11.8. The molecular formula is C13H16F3NO2S. The van der Waals surface area contributed by atoms with Gasteiger partial charge in [-0.1, -0.05) is 0 Å². The Morgan fingerprint density at radius 3 is 2.45 bits per heavy atom. The number of amides is 1. The number of rotatable bonds is 7. The van der Waals surface area contributed by atoms with E-state index < -0.39 is 30.1 Å². The molecule has 1 unspecified atom stereocenters. The van der Waals surface area contributed by atoms with Crippen molar-refractivity contribution in [2.24, 2.45) is 0 Å². The lowest BCUT2D eigenvalue weighted by Gasteiger charge is -2.17. The van der Waals surface area contributed by atoms with Gasteiger partial charge in [0.2, 0.25) is 5.91 Å². The number of aliphatic hydroxyl groups excluding tert-OH is 1. The Morgan fingerprint density at radius 1 is 1.35 bits per heavy atom. The first kappa shape index (κ1) is 16.8. The average Bonchev–Trinajstić information content (AvgIpc) is 2.42. The van der Waals surface area contributed by atoms with Gasteiger partial charge in [0.25, 0.3) is 0 Å². The molecule has 0 saturated heterocycles. The van der Waals surface area contributed by atoms with Crippen LogP contribution in [0.15, 0.2) is 12.1 Å². The first-order valence-corrected chi connectivity index (χ1v) is 7.42. The zero-order valence-electron chi connectivity index (χ0n) is 11.0. The number of hydrogen-bond acceptors (Lipinski definition) is 3. The maximum absolute atomic E-state index is 13.1. The fourth-order valence-electron chi connectivity index (χ4n) is 1.65. The fourth-order valence-corrected chi connectivity index (χ4v) is 2.09. The summed E-state index contributed by atoms with van der Waals surface area (Å²) in [4.78, 5) is 11.6. The van der Waals surface area contributed by atoms with Crippen molar-refractivity contribution in [1.29, 1.82) is 0 Å². The zero-order chi connectivity index (χ0) is 15.1. The van der Waals surface area contributed by atoms with E-state index in [9.17, 15) is 23.1 Å². The van der Waals surface area contributed by atoms with Crippen LogP contribution in [0, 0.1) is 17.5 Å². The SMILES string of the molecule is CSCCCC(=O)NC(CO)c1cc(F)c(F)c(F)c1. The number of benzene rings is 1. The summed E-state index contributed by atoms with van der Waals surface area (Å²) in [6.45, 7) is -0.529. The molecule has 3 nitrogen and oxygen atoms in total. The van der Waals surface area contributed by atoms with Crippen LogP contribution in [0.4, 0.5) is 13.2 Å². The van der Waals surface area contributed by atoms with E-state index in [1.165, 1.54) is 0 Å². The van der Waals surface area contributed by atoms with Crippen LogP contribution < -0.4 is 5.32 Å². The summed E-state index contributed by atoms with van der Waals surface area (Å²) in [7, 11) is 0. The highest BCUT2D eigenvalue weighted by molar-refractivity contribution is 7.98. The van der Waals surface area contributed by atoms with E-state index in [-0.39, 0.29) is 17.9 Å². The molecule has 1 aromatic carbocycles. The molecule has 0 aliphatic rings. The number of halogens is 3. The van der Waals surface area contributed by atoms with Crippen molar-refractivity contribution in [3.8, 4) is 0 Å². The number of carbonyl (C=O) groups excluding carboxylic acids is 1. The molecule has 0 aromatic heterocycles. The highest BCUT2D eigenvalue weighted by Gasteiger charge is 2.18. The largest absolute Gasteiger partial charge is 0.394 e. The molecule has 0 heterocycles. The summed E-state index contributed by atoms with van der Waals surface area (Å²) >= 11 is 1.60. The van der Waals surface area contributed by atoms with Crippen molar-refractivity contribution in [3.63, 3.8) is 0 Å². The molecular weight excluding hydrogens is 291 g/mol. The number of carbonyl (C=O) groups is 1. The maximum atomic E-state index is 13.1. The fraction of sp³-hybridized carbons (Fsp3) is 0.462. The second-order valence-electron chi connectivity index (χ2n) is 4.20. The van der Waals surface area contributed by atoms with E-state index in [1.54, 1.807) is 11.8 Å². The van der Waals surface area contributed by atoms with Crippen LogP contribution >= 0.6 is 11.8 Å². The van der Waals surface area contributed by atoms with Gasteiger partial charge >= 0.3 is 0 Å². The summed E-state index contributed by atoms with van der Waals surface area (Å²) in [6, 6.07) is 0.574. The lowest BCUT2D eigenvalue weighted by Crippen LogP contribution is -2.31. The smallest absolute Gasteiger partial charge is 0.220 e. The first-order chi connectivity index (χ1) is 9.49. The van der Waals surface area contributed by atoms with E-state index in [4.69, 9.17) is 0 Å². The molecule has 7 heteroatoms. The van der Waals surface area contributed by atoms with Gasteiger partial charge in [-0.3, -0.25) is 4.79 Å². The molecule has 1 amide bonds. The first-order valence-electron chi connectivity index (χ1n) is 6.03. The molecule has 1 atom stereocenters. The van der Waals surface area contributed by atoms with E-state index >= 15 is 0 Å². The summed E-state index contributed by atoms with van der Waals surface area (Å²) in [6.07, 6.45) is 2.83. The molecule has 1 aromatic rings. The lowest BCUT2D eigenvalue weighted by molar-refractivity contribution is -0.122. The third-order valence-corrected chi connectivity index (χ3v) is 3.38. The van der Waals surface area contributed by atoms with E-state index in [1.807, 2.05) is 6.26 Å². The predicted molar refractivity (Wildman–Crippen MR) is 71.9 cm³/mol. The standard InChI is InChI=1S/C13H16F3NO2S/c1-20-4-2-3-12(19)17-11(7-18)8-5-9(14)13(16)10(15)6-8/h5-6,11,18H,2-4,7H2,1H3,(H,17,19). The molecule has 0 radical (unpaired) electrons. The minimum Gasteiger partial charge on any atom is -0.394 e. The Hall–Kier alpha value is -1.21. The molecule has 20 heavy (non-hydrogen) atoms. The van der Waals surface area contributed by atoms with Gasteiger partial charge < -0.3 is 10.4 Å². The monoisotopic (exact) mass is 307 g/mol. The van der Waals surface area contributed by atoms with E-state index in [0.717, 1.165) is 17.9 Å². The van der Waals surface area contributed by atoms with Crippen LogP contribution in [-0.4, -0.2) is 29.6 Å². The number of hydrogen-bond donors (Lipinski definition) is 2. The molecule has 0 bridgehead atoms. The van der Waals surface area contributed by atoms with Crippen molar-refractivity contribution in [1.82, 2.24) is 5.32 Å². The Morgan fingerprint density at radius 2 is 1.95 bits per heavy atom. The second-order valence-corrected chi connectivity index (χ2v) is 5.18. The number of nitrogens with one attached hydrogen (secondary N) is 1. The average molecular weight is 307 g/mol. The van der Waals surface area contributed by atoms with Crippen molar-refractivity contribution in [2.45, 2.75) is 18.9 Å². The van der Waals surface area contributed by atoms with E-state index in [2.05, 4.69) is 5.32 Å². The molecule has 112 valence electrons. The normalized spacial score (nSPS) is 12.2. The molecule has 1 rings (SSSR count). The quantitative estimate of drug-likeness (QED) is 0.601. The van der Waals surface area contributed by atoms with Crippen molar-refractivity contribution in [2.75, 3.05) is 18.6 Å². The summed E-state index contributed by atoms with van der Waals surface area (Å²) in [5, 5.41) is 11.7. The molecule has 0 saturated carbocycles. The van der Waals surface area contributed by atoms with Crippen LogP contribution in [0.1, 0.15) is 24.4 Å². The maximum Gasteiger partial charge on any atom is 0.220 e. The Labute approximate surface area is 119 Å². The highest BCUT2D eigenvalue weighted by atomic mass is 32.2. The summed E-state index contributed by atoms with van der Waals surface area (Å²) in [5.41, 5.74) is -0.0119. The van der Waals surface area contributed by atoms with Gasteiger partial charge in [-0.05, 0) is 36.1 Å². The predicted octanol–water partition coefficient (Wildman–Crippen LogP) is 2.40. The minimum absolute atomic E-state index is 0.0119. The minimum atomic E-state index is -1.57. The van der Waals surface area contributed by atoms with Crippen molar-refractivity contribution in [3.05, 3.63) is 35.1 Å². The van der Waals surface area contributed by atoms with Gasteiger partial charge in [0.05, 0.1) is 12.6 Å². The van der Waals surface area contributed by atoms with Crippen LogP contribution in [0.2, 0.25) is 0 Å². The van der Waals surface area contributed by atoms with Crippen LogP contribution in [0.5, 0.6) is 0 Å². The molecule has 0 aliphatic carbocycles. The van der Waals surface area contributed by atoms with Gasteiger partial charge in [-0.25, -0.2) is 13.2 Å². The van der Waals surface area contributed by atoms with Gasteiger partial charge in [0, 0.05) is 6.42 Å². The van der Waals surface area contributed by atoms with Crippen LogP contribution in [0.3, 0.4) is 0 Å². The van der Waals surface area contributed by atoms with Crippen LogP contribution in [-0.2, 0) is 4.79 Å². The molecule has 2 N–H and O–H groups in total. The van der Waals surface area contributed by atoms with E-state index in [0.29, 0.717) is 6.42 Å². The lowest BCUT2D eigenvalue weighted by atomic mass is 10.1. The van der Waals surface area contributed by atoms with Crippen molar-refractivity contribution < 1.29 is 23.1 Å². The topological polar surface area (TPSA) is 49.3 Å². The Balaban J connectivity index is 2.73. The Kier molecular flexibility index (Phi) is 6.87.